The summed E-state index contributed by atoms with van der Waals surface area (Å²) in [6.07, 6.45) is 2.61. The first-order chi connectivity index (χ1) is 15.1. The Bertz CT molecular complexity index is 1090. The molecule has 0 aliphatic carbocycles. The fraction of sp³-hybridized carbons (Fsp3) is 0.174. The van der Waals surface area contributed by atoms with Crippen molar-refractivity contribution in [3.05, 3.63) is 89.0 Å². The van der Waals surface area contributed by atoms with E-state index in [0.717, 1.165) is 16.9 Å². The predicted octanol–water partition coefficient (Wildman–Crippen LogP) is 2.61. The topological polar surface area (TPSA) is 117 Å². The van der Waals surface area contributed by atoms with Gasteiger partial charge in [0.2, 0.25) is 5.82 Å². The van der Waals surface area contributed by atoms with Crippen molar-refractivity contribution in [2.75, 3.05) is 6.61 Å². The van der Waals surface area contributed by atoms with Crippen molar-refractivity contribution < 1.29 is 14.3 Å². The number of hydrogen-bond acceptors (Lipinski definition) is 6. The number of ether oxygens (including phenoxy) is 1. The smallest absolute Gasteiger partial charge is 0.254 e. The number of hydrogen-bond donors (Lipinski definition) is 2. The minimum atomic E-state index is -0.348. The molecule has 8 heteroatoms. The average Bonchev–Trinajstić information content (AvgIpc) is 2.82. The van der Waals surface area contributed by atoms with E-state index in [-0.39, 0.29) is 29.7 Å². The average molecular weight is 415 g/mol. The number of nitrogens with zero attached hydrogens (tertiary/aromatic N) is 3. The highest BCUT2D eigenvalue weighted by molar-refractivity contribution is 5.94. The van der Waals surface area contributed by atoms with Gasteiger partial charge in [-0.1, -0.05) is 30.3 Å². The van der Waals surface area contributed by atoms with Gasteiger partial charge in [-0.05, 0) is 30.7 Å². The number of amides is 2. The molecule has 0 atom stereocenters. The van der Waals surface area contributed by atoms with Crippen LogP contribution in [0.15, 0.2) is 60.9 Å². The minimum absolute atomic E-state index is 0.00629. The van der Waals surface area contributed by atoms with Gasteiger partial charge in [0, 0.05) is 36.6 Å². The Labute approximate surface area is 179 Å². The highest BCUT2D eigenvalue weighted by Gasteiger charge is 2.09. The van der Waals surface area contributed by atoms with Crippen molar-refractivity contribution in [2.45, 2.75) is 20.0 Å². The summed E-state index contributed by atoms with van der Waals surface area (Å²) in [5.74, 6) is 0.215. The van der Waals surface area contributed by atoms with E-state index >= 15 is 0 Å². The summed E-state index contributed by atoms with van der Waals surface area (Å²) >= 11 is 0. The molecule has 8 nitrogen and oxygen atoms in total. The molecule has 0 spiro atoms. The van der Waals surface area contributed by atoms with Crippen molar-refractivity contribution >= 4 is 11.8 Å². The van der Waals surface area contributed by atoms with Gasteiger partial charge in [0.05, 0.1) is 12.2 Å². The Hall–Kier alpha value is -4.25. The summed E-state index contributed by atoms with van der Waals surface area (Å²) in [6, 6.07) is 16.3. The Kier molecular flexibility index (Phi) is 7.27. The highest BCUT2D eigenvalue weighted by Crippen LogP contribution is 2.17. The third-order valence-corrected chi connectivity index (χ3v) is 4.40. The highest BCUT2D eigenvalue weighted by atomic mass is 16.5. The molecule has 2 amide bonds. The van der Waals surface area contributed by atoms with Crippen molar-refractivity contribution in [2.24, 2.45) is 0 Å². The first-order valence-electron chi connectivity index (χ1n) is 9.69. The molecule has 2 N–H and O–H groups in total. The Morgan fingerprint density at radius 1 is 0.935 bits per heavy atom. The number of carbonyl (C=O) groups is 2. The molecule has 0 fully saturated rings. The second kappa shape index (κ2) is 10.5. The molecular formula is C23H21N5O3. The predicted molar refractivity (Wildman–Crippen MR) is 113 cm³/mol. The van der Waals surface area contributed by atoms with Gasteiger partial charge < -0.3 is 15.4 Å². The maximum absolute atomic E-state index is 12.4. The lowest BCUT2D eigenvalue weighted by molar-refractivity contribution is 0.0941. The summed E-state index contributed by atoms with van der Waals surface area (Å²) in [7, 11) is 0. The van der Waals surface area contributed by atoms with E-state index in [2.05, 4.69) is 20.6 Å². The Morgan fingerprint density at radius 2 is 1.58 bits per heavy atom. The molecule has 3 aromatic rings. The quantitative estimate of drug-likeness (QED) is 0.584. The largest absolute Gasteiger partial charge is 0.494 e. The molecule has 0 aliphatic heterocycles. The van der Waals surface area contributed by atoms with Crippen LogP contribution >= 0.6 is 0 Å². The Morgan fingerprint density at radius 3 is 2.26 bits per heavy atom. The maximum atomic E-state index is 12.4. The van der Waals surface area contributed by atoms with Gasteiger partial charge in [-0.15, -0.1) is 0 Å². The van der Waals surface area contributed by atoms with E-state index in [1.807, 2.05) is 31.2 Å². The molecule has 0 aliphatic rings. The fourth-order valence-corrected chi connectivity index (χ4v) is 2.79. The summed E-state index contributed by atoms with van der Waals surface area (Å²) in [6.45, 7) is 3.11. The van der Waals surface area contributed by atoms with Crippen LogP contribution in [0.2, 0.25) is 0 Å². The molecule has 0 saturated carbocycles. The van der Waals surface area contributed by atoms with E-state index in [9.17, 15) is 9.59 Å². The molecule has 0 unspecified atom stereocenters. The number of nitrogens with one attached hydrogen (secondary N) is 2. The van der Waals surface area contributed by atoms with Crippen LogP contribution in [0.3, 0.4) is 0 Å². The number of benzene rings is 2. The van der Waals surface area contributed by atoms with E-state index in [1.54, 1.807) is 30.3 Å². The van der Waals surface area contributed by atoms with Crippen LogP contribution in [0.4, 0.5) is 0 Å². The lowest BCUT2D eigenvalue weighted by Crippen LogP contribution is -2.24. The molecule has 0 saturated heterocycles. The standard InChI is InChI=1S/C23H21N5O3/c1-2-31-20-6-4-3-5-18(20)13-28-22(29)17-9-7-16(8-10-17)12-27-23(30)19-14-25-21(11-24)26-15-19/h3-10,14-15H,2,12-13H2,1H3,(H,27,30)(H,28,29). The molecule has 2 aromatic carbocycles. The zero-order chi connectivity index (χ0) is 22.1. The van der Waals surface area contributed by atoms with Crippen LogP contribution < -0.4 is 15.4 Å². The minimum Gasteiger partial charge on any atom is -0.494 e. The zero-order valence-electron chi connectivity index (χ0n) is 17.0. The summed E-state index contributed by atoms with van der Waals surface area (Å²) in [5, 5.41) is 14.3. The van der Waals surface area contributed by atoms with E-state index in [1.165, 1.54) is 12.4 Å². The van der Waals surface area contributed by atoms with Crippen LogP contribution in [0.25, 0.3) is 0 Å². The maximum Gasteiger partial charge on any atom is 0.254 e. The number of carbonyl (C=O) groups excluding carboxylic acids is 2. The normalized spacial score (nSPS) is 10.1. The summed E-state index contributed by atoms with van der Waals surface area (Å²) in [4.78, 5) is 32.1. The van der Waals surface area contributed by atoms with Crippen molar-refractivity contribution in [3.8, 4) is 11.8 Å². The molecule has 1 heterocycles. The van der Waals surface area contributed by atoms with Gasteiger partial charge in [-0.25, -0.2) is 9.97 Å². The molecule has 1 aromatic heterocycles. The van der Waals surface area contributed by atoms with Crippen molar-refractivity contribution in [1.29, 1.82) is 5.26 Å². The van der Waals surface area contributed by atoms with E-state index < -0.39 is 0 Å². The van der Waals surface area contributed by atoms with Gasteiger partial charge in [0.1, 0.15) is 11.8 Å². The first kappa shape index (κ1) is 21.5. The SMILES string of the molecule is CCOc1ccccc1CNC(=O)c1ccc(CNC(=O)c2cnc(C#N)nc2)cc1. The van der Waals surface area contributed by atoms with E-state index in [4.69, 9.17) is 10.00 Å². The van der Waals surface area contributed by atoms with Crippen LogP contribution in [-0.4, -0.2) is 28.4 Å². The fourth-order valence-electron chi connectivity index (χ4n) is 2.79. The van der Waals surface area contributed by atoms with Crippen molar-refractivity contribution in [3.63, 3.8) is 0 Å². The van der Waals surface area contributed by atoms with Gasteiger partial charge in [0.25, 0.3) is 11.8 Å². The number of rotatable bonds is 8. The summed E-state index contributed by atoms with van der Waals surface area (Å²) < 4.78 is 5.57. The third kappa shape index (κ3) is 5.87. The summed E-state index contributed by atoms with van der Waals surface area (Å²) in [5.41, 5.74) is 2.52. The van der Waals surface area contributed by atoms with Gasteiger partial charge in [0.15, 0.2) is 0 Å². The number of para-hydroxylation sites is 1. The van der Waals surface area contributed by atoms with Crippen molar-refractivity contribution in [1.82, 2.24) is 20.6 Å². The molecule has 3 rings (SSSR count). The van der Waals surface area contributed by atoms with Crippen LogP contribution in [0.1, 0.15) is 44.6 Å². The lowest BCUT2D eigenvalue weighted by atomic mass is 10.1. The monoisotopic (exact) mass is 415 g/mol. The van der Waals surface area contributed by atoms with Crippen LogP contribution in [0, 0.1) is 11.3 Å². The molecule has 0 bridgehead atoms. The zero-order valence-corrected chi connectivity index (χ0v) is 17.0. The Balaban J connectivity index is 1.53. The van der Waals surface area contributed by atoms with Crippen LogP contribution in [-0.2, 0) is 13.1 Å². The lowest BCUT2D eigenvalue weighted by Gasteiger charge is -2.11. The van der Waals surface area contributed by atoms with Gasteiger partial charge >= 0.3 is 0 Å². The van der Waals surface area contributed by atoms with E-state index in [0.29, 0.717) is 18.7 Å². The van der Waals surface area contributed by atoms with Gasteiger partial charge in [-0.2, -0.15) is 5.26 Å². The van der Waals surface area contributed by atoms with Crippen LogP contribution in [0.5, 0.6) is 5.75 Å². The molecule has 156 valence electrons. The first-order valence-corrected chi connectivity index (χ1v) is 9.69. The van der Waals surface area contributed by atoms with Gasteiger partial charge in [-0.3, -0.25) is 9.59 Å². The number of aromatic nitrogens is 2. The molecule has 0 radical (unpaired) electrons. The number of nitriles is 1. The molecule has 31 heavy (non-hydrogen) atoms. The third-order valence-electron chi connectivity index (χ3n) is 4.40. The second-order valence-corrected chi connectivity index (χ2v) is 6.51. The molecular weight excluding hydrogens is 394 g/mol. The second-order valence-electron chi connectivity index (χ2n) is 6.51.